The molecule has 1 aliphatic heterocycles. The number of phenolic OH excluding ortho intramolecular Hbond substituents is 2. The Labute approximate surface area is 230 Å². The predicted molar refractivity (Wildman–Crippen MR) is 141 cm³/mol. The number of carbonyl (C=O) groups is 3. The number of rotatable bonds is 3. The molecular weight excluding hydrogens is 526 g/mol. The first-order valence-electron chi connectivity index (χ1n) is 12.7. The van der Waals surface area contributed by atoms with Crippen LogP contribution in [0.4, 0.5) is 0 Å². The molecule has 0 spiro atoms. The number of fused-ring (bicyclic) bond motifs is 3. The summed E-state index contributed by atoms with van der Waals surface area (Å²) in [4.78, 5) is 35.1. The minimum atomic E-state index is -0.799. The van der Waals surface area contributed by atoms with Crippen LogP contribution in [-0.2, 0) is 20.7 Å². The van der Waals surface area contributed by atoms with Gasteiger partial charge in [-0.15, -0.1) is 0 Å². The number of phenols is 2. The van der Waals surface area contributed by atoms with Crippen LogP contribution in [0.25, 0.3) is 0 Å². The van der Waals surface area contributed by atoms with Crippen molar-refractivity contribution in [3.63, 3.8) is 0 Å². The second-order valence-corrected chi connectivity index (χ2v) is 9.57. The Balaban J connectivity index is 0.000000282. The van der Waals surface area contributed by atoms with E-state index in [0.717, 1.165) is 6.42 Å². The van der Waals surface area contributed by atoms with Crippen molar-refractivity contribution in [2.75, 3.05) is 27.4 Å². The fraction of sp³-hybridized carbons (Fsp3) is 0.464. The molecule has 0 radical (unpaired) electrons. The number of benzene rings is 2. The molecule has 12 nitrogen and oxygen atoms in total. The molecule has 0 bridgehead atoms. The van der Waals surface area contributed by atoms with Crippen LogP contribution in [0.15, 0.2) is 18.2 Å². The first-order chi connectivity index (χ1) is 19.0. The quantitative estimate of drug-likeness (QED) is 0.191. The first kappa shape index (κ1) is 31.1. The van der Waals surface area contributed by atoms with Gasteiger partial charge in [0.2, 0.25) is 5.78 Å². The van der Waals surface area contributed by atoms with Crippen LogP contribution in [-0.4, -0.2) is 95.2 Å². The molecule has 0 saturated carbocycles. The smallest absolute Gasteiger partial charge is 0.202 e. The molecule has 1 heterocycles. The summed E-state index contributed by atoms with van der Waals surface area (Å²) in [6, 6.07) is 4.52. The van der Waals surface area contributed by atoms with Crippen molar-refractivity contribution in [1.29, 1.82) is 0 Å². The van der Waals surface area contributed by atoms with Crippen LogP contribution in [0.1, 0.15) is 68.8 Å². The fourth-order valence-corrected chi connectivity index (χ4v) is 5.08. The van der Waals surface area contributed by atoms with Gasteiger partial charge in [0.15, 0.2) is 5.78 Å². The van der Waals surface area contributed by atoms with E-state index in [1.807, 2.05) is 6.92 Å². The van der Waals surface area contributed by atoms with Crippen LogP contribution in [0.3, 0.4) is 0 Å². The monoisotopic (exact) mass is 561 g/mol. The molecule has 2 aliphatic carbocycles. The molecular formula is C28H35NO11. The molecule has 2 aromatic carbocycles. The summed E-state index contributed by atoms with van der Waals surface area (Å²) in [6.07, 6.45) is -0.612. The number of ether oxygens (including phenoxy) is 3. The number of carbonyl (C=O) groups excluding carboxylic acids is 3. The molecule has 5 atom stereocenters. The van der Waals surface area contributed by atoms with Gasteiger partial charge in [0.1, 0.15) is 23.5 Å². The molecule has 40 heavy (non-hydrogen) atoms. The normalized spacial score (nSPS) is 24.7. The summed E-state index contributed by atoms with van der Waals surface area (Å²) in [7, 11) is 2.79. The van der Waals surface area contributed by atoms with Gasteiger partial charge in [-0.2, -0.15) is 0 Å². The van der Waals surface area contributed by atoms with E-state index in [-0.39, 0.29) is 70.7 Å². The Kier molecular flexibility index (Phi) is 10.4. The van der Waals surface area contributed by atoms with Crippen LogP contribution in [0, 0.1) is 0 Å². The zero-order valence-electron chi connectivity index (χ0n) is 22.5. The molecule has 1 saturated heterocycles. The molecule has 7 N–H and O–H groups in total. The molecule has 3 aliphatic rings. The average Bonchev–Trinajstić information content (AvgIpc) is 2.95. The Bertz CT molecular complexity index is 1250. The Morgan fingerprint density at radius 1 is 1.07 bits per heavy atom. The second kappa shape index (κ2) is 13.3. The Morgan fingerprint density at radius 2 is 1.73 bits per heavy atom. The van der Waals surface area contributed by atoms with E-state index < -0.39 is 41.4 Å². The van der Waals surface area contributed by atoms with Crippen LogP contribution in [0.5, 0.6) is 17.2 Å². The largest absolute Gasteiger partial charge is 0.507 e. The molecule has 2 aromatic rings. The number of aldehydes is 1. The fourth-order valence-electron chi connectivity index (χ4n) is 5.08. The third-order valence-corrected chi connectivity index (χ3v) is 7.12. The van der Waals surface area contributed by atoms with Gasteiger partial charge < -0.3 is 50.3 Å². The van der Waals surface area contributed by atoms with Crippen molar-refractivity contribution in [1.82, 2.24) is 0 Å². The van der Waals surface area contributed by atoms with Gasteiger partial charge in [0.05, 0.1) is 54.8 Å². The standard InChI is InChI=1S/C20H18O7.C6H13NO2.C2H4O2/c1-26-11-5-3-4-9-13(11)19(24)16-15(17(9)22)18(23)10-6-8(21)7-12(27-2)14(10)20(16)25;1-4-6(8)5(7)2-3-9-4;3-1-2-4/h3-5,8,12,21,23,25H,6-7H2,1-2H3;4-6,8H,2-3,7H2,1H3;1,4H,2H2/t8-,12?;;/m0../s1. The van der Waals surface area contributed by atoms with Crippen molar-refractivity contribution in [3.8, 4) is 17.2 Å². The summed E-state index contributed by atoms with van der Waals surface area (Å²) >= 11 is 0. The Morgan fingerprint density at radius 3 is 2.27 bits per heavy atom. The van der Waals surface area contributed by atoms with E-state index in [9.17, 15) is 30.0 Å². The van der Waals surface area contributed by atoms with Crippen LogP contribution in [0.2, 0.25) is 0 Å². The van der Waals surface area contributed by atoms with E-state index in [0.29, 0.717) is 12.9 Å². The maximum absolute atomic E-state index is 13.2. The van der Waals surface area contributed by atoms with Gasteiger partial charge in [-0.05, 0) is 19.4 Å². The van der Waals surface area contributed by atoms with Crippen molar-refractivity contribution in [2.45, 2.75) is 56.6 Å². The molecule has 1 fully saturated rings. The highest BCUT2D eigenvalue weighted by atomic mass is 16.5. The van der Waals surface area contributed by atoms with E-state index in [1.165, 1.54) is 20.3 Å². The lowest BCUT2D eigenvalue weighted by Gasteiger charge is -2.32. The highest BCUT2D eigenvalue weighted by Gasteiger charge is 2.42. The van der Waals surface area contributed by atoms with E-state index in [1.54, 1.807) is 12.1 Å². The molecule has 0 amide bonds. The average molecular weight is 562 g/mol. The summed E-state index contributed by atoms with van der Waals surface area (Å²) in [6.45, 7) is 2.16. The van der Waals surface area contributed by atoms with Gasteiger partial charge in [0.25, 0.3) is 0 Å². The zero-order valence-corrected chi connectivity index (χ0v) is 22.5. The maximum atomic E-state index is 13.2. The highest BCUT2D eigenvalue weighted by Crippen LogP contribution is 2.49. The molecule has 5 rings (SSSR count). The minimum Gasteiger partial charge on any atom is -0.507 e. The number of methoxy groups -OCH3 is 2. The second-order valence-electron chi connectivity index (χ2n) is 9.57. The molecule has 4 unspecified atom stereocenters. The number of hydrogen-bond donors (Lipinski definition) is 6. The highest BCUT2D eigenvalue weighted by molar-refractivity contribution is 6.31. The van der Waals surface area contributed by atoms with Crippen LogP contribution < -0.4 is 10.5 Å². The predicted octanol–water partition coefficient (Wildman–Crippen LogP) is 0.537. The number of aliphatic hydroxyl groups excluding tert-OH is 3. The van der Waals surface area contributed by atoms with E-state index >= 15 is 0 Å². The van der Waals surface area contributed by atoms with Crippen molar-refractivity contribution < 1.29 is 54.1 Å². The summed E-state index contributed by atoms with van der Waals surface area (Å²) in [5.74, 6) is -1.76. The summed E-state index contributed by atoms with van der Waals surface area (Å²) < 4.78 is 15.7. The van der Waals surface area contributed by atoms with Gasteiger partial charge in [0, 0.05) is 49.3 Å². The van der Waals surface area contributed by atoms with Gasteiger partial charge >= 0.3 is 0 Å². The van der Waals surface area contributed by atoms with E-state index in [4.69, 9.17) is 29.8 Å². The number of aromatic hydroxyl groups is 2. The number of nitrogens with two attached hydrogens (primary N) is 1. The van der Waals surface area contributed by atoms with Crippen molar-refractivity contribution in [2.24, 2.45) is 5.73 Å². The SMILES string of the molecule is CC1OCCC(N)C1O.COc1cccc2c1C(=O)c1c(O)c3c(c(O)c1C2=O)C[C@H](O)CC3OC.O=CCO. The van der Waals surface area contributed by atoms with Gasteiger partial charge in [-0.3, -0.25) is 9.59 Å². The van der Waals surface area contributed by atoms with Gasteiger partial charge in [-0.25, -0.2) is 0 Å². The molecule has 218 valence electrons. The first-order valence-corrected chi connectivity index (χ1v) is 12.7. The lowest BCUT2D eigenvalue weighted by atomic mass is 9.76. The Hall–Kier alpha value is -3.39. The lowest BCUT2D eigenvalue weighted by Crippen LogP contribution is -2.47. The van der Waals surface area contributed by atoms with Crippen molar-refractivity contribution in [3.05, 3.63) is 51.6 Å². The maximum Gasteiger partial charge on any atom is 0.202 e. The van der Waals surface area contributed by atoms with Crippen molar-refractivity contribution >= 4 is 17.9 Å². The number of hydrogen-bond acceptors (Lipinski definition) is 12. The van der Waals surface area contributed by atoms with E-state index in [2.05, 4.69) is 0 Å². The number of aliphatic hydroxyl groups is 3. The third-order valence-electron chi connectivity index (χ3n) is 7.12. The topological polar surface area (TPSA) is 206 Å². The number of ketones is 2. The zero-order chi connectivity index (χ0) is 29.7. The lowest BCUT2D eigenvalue weighted by molar-refractivity contribution is -0.110. The van der Waals surface area contributed by atoms with Crippen LogP contribution >= 0.6 is 0 Å². The molecule has 0 aromatic heterocycles. The molecule has 12 heteroatoms. The summed E-state index contributed by atoms with van der Waals surface area (Å²) in [5.41, 5.74) is 5.64. The summed E-state index contributed by atoms with van der Waals surface area (Å²) in [5, 5.41) is 48.5. The van der Waals surface area contributed by atoms with Gasteiger partial charge in [-0.1, -0.05) is 12.1 Å². The minimum absolute atomic E-state index is 0.0499. The third kappa shape index (κ3) is 5.87.